The van der Waals surface area contributed by atoms with Crippen LogP contribution in [0.3, 0.4) is 0 Å². The third-order valence-corrected chi connectivity index (χ3v) is 4.56. The van der Waals surface area contributed by atoms with Gasteiger partial charge in [0.2, 0.25) is 5.91 Å². The number of nitrogens with one attached hydrogen (secondary N) is 1. The fourth-order valence-electron chi connectivity index (χ4n) is 2.93. The first-order valence-corrected chi connectivity index (χ1v) is 10.0. The number of piperazine rings is 1. The van der Waals surface area contributed by atoms with Crippen LogP contribution in [0, 0.1) is 0 Å². The third kappa shape index (κ3) is 6.25. The lowest BCUT2D eigenvalue weighted by Gasteiger charge is -2.34. The summed E-state index contributed by atoms with van der Waals surface area (Å²) in [4.78, 5) is 38.9. The van der Waals surface area contributed by atoms with Gasteiger partial charge in [0.25, 0.3) is 5.91 Å². The zero-order valence-electron chi connectivity index (χ0n) is 16.7. The number of amides is 2. The van der Waals surface area contributed by atoms with Crippen molar-refractivity contribution >= 4 is 17.8 Å². The van der Waals surface area contributed by atoms with E-state index in [0.717, 1.165) is 25.7 Å². The summed E-state index contributed by atoms with van der Waals surface area (Å²) in [5.74, 6) is -0.467. The standard InChI is InChI=1S/C21H30N2O5/c1-3-5-12-27-17-9-7-8-16(14-17)21(26)23-11-10-22-20(25)18(23)15-19(24)28-13-6-4-2/h7-9,14,18H,3-6,10-13,15H2,1-2H3,(H,22,25). The van der Waals surface area contributed by atoms with Crippen LogP contribution in [0.2, 0.25) is 0 Å². The van der Waals surface area contributed by atoms with Gasteiger partial charge >= 0.3 is 5.97 Å². The smallest absolute Gasteiger partial charge is 0.308 e. The van der Waals surface area contributed by atoms with Crippen LogP contribution in [-0.2, 0) is 14.3 Å². The molecule has 2 amide bonds. The number of ether oxygens (including phenoxy) is 2. The zero-order valence-corrected chi connectivity index (χ0v) is 16.7. The summed E-state index contributed by atoms with van der Waals surface area (Å²) in [6.45, 7) is 5.71. The molecule has 154 valence electrons. The Morgan fingerprint density at radius 3 is 2.68 bits per heavy atom. The van der Waals surface area contributed by atoms with E-state index in [9.17, 15) is 14.4 Å². The molecule has 1 fully saturated rings. The van der Waals surface area contributed by atoms with Crippen LogP contribution >= 0.6 is 0 Å². The van der Waals surface area contributed by atoms with Gasteiger partial charge in [-0.15, -0.1) is 0 Å². The maximum absolute atomic E-state index is 13.0. The molecule has 2 rings (SSSR count). The van der Waals surface area contributed by atoms with Crippen LogP contribution in [-0.4, -0.2) is 55.0 Å². The lowest BCUT2D eigenvalue weighted by Crippen LogP contribution is -2.57. The molecule has 0 aliphatic carbocycles. The molecule has 0 radical (unpaired) electrons. The highest BCUT2D eigenvalue weighted by Crippen LogP contribution is 2.19. The maximum Gasteiger partial charge on any atom is 0.308 e. The highest BCUT2D eigenvalue weighted by atomic mass is 16.5. The van der Waals surface area contributed by atoms with E-state index < -0.39 is 12.0 Å². The average Bonchev–Trinajstić information content (AvgIpc) is 2.70. The SMILES string of the molecule is CCCCOC(=O)CC1C(=O)NCCN1C(=O)c1cccc(OCCCC)c1. The zero-order chi connectivity index (χ0) is 20.4. The number of hydrogen-bond acceptors (Lipinski definition) is 5. The molecule has 1 aromatic rings. The summed E-state index contributed by atoms with van der Waals surface area (Å²) in [5.41, 5.74) is 0.438. The molecule has 1 unspecified atom stereocenters. The molecule has 1 aromatic carbocycles. The Labute approximate surface area is 166 Å². The Hall–Kier alpha value is -2.57. The van der Waals surface area contributed by atoms with Crippen LogP contribution < -0.4 is 10.1 Å². The first-order valence-electron chi connectivity index (χ1n) is 10.0. The van der Waals surface area contributed by atoms with Crippen molar-refractivity contribution in [1.29, 1.82) is 0 Å². The van der Waals surface area contributed by atoms with Gasteiger partial charge in [-0.3, -0.25) is 14.4 Å². The molecular weight excluding hydrogens is 360 g/mol. The van der Waals surface area contributed by atoms with Gasteiger partial charge in [-0.1, -0.05) is 32.8 Å². The topological polar surface area (TPSA) is 84.9 Å². The van der Waals surface area contributed by atoms with E-state index >= 15 is 0 Å². The molecule has 7 nitrogen and oxygen atoms in total. The first kappa shape index (κ1) is 21.7. The summed E-state index contributed by atoms with van der Waals surface area (Å²) >= 11 is 0. The van der Waals surface area contributed by atoms with E-state index in [1.807, 2.05) is 6.92 Å². The van der Waals surface area contributed by atoms with Crippen molar-refractivity contribution in [2.75, 3.05) is 26.3 Å². The van der Waals surface area contributed by atoms with Crippen molar-refractivity contribution in [3.8, 4) is 5.75 Å². The molecule has 0 bridgehead atoms. The maximum atomic E-state index is 13.0. The highest BCUT2D eigenvalue weighted by Gasteiger charge is 2.35. The fraction of sp³-hybridized carbons (Fsp3) is 0.571. The molecule has 28 heavy (non-hydrogen) atoms. The lowest BCUT2D eigenvalue weighted by atomic mass is 10.1. The van der Waals surface area contributed by atoms with Gasteiger partial charge in [-0.2, -0.15) is 0 Å². The van der Waals surface area contributed by atoms with E-state index in [4.69, 9.17) is 9.47 Å². The summed E-state index contributed by atoms with van der Waals surface area (Å²) in [7, 11) is 0. The predicted molar refractivity (Wildman–Crippen MR) is 105 cm³/mol. The Bertz CT molecular complexity index is 677. The minimum atomic E-state index is -0.861. The van der Waals surface area contributed by atoms with E-state index in [0.29, 0.717) is 37.6 Å². The summed E-state index contributed by atoms with van der Waals surface area (Å²) < 4.78 is 10.8. The second kappa shape index (κ2) is 11.3. The summed E-state index contributed by atoms with van der Waals surface area (Å²) in [6.07, 6.45) is 3.51. The quantitative estimate of drug-likeness (QED) is 0.490. The first-order chi connectivity index (χ1) is 13.6. The molecule has 1 atom stereocenters. The monoisotopic (exact) mass is 390 g/mol. The van der Waals surface area contributed by atoms with Crippen molar-refractivity contribution in [2.45, 2.75) is 52.0 Å². The molecule has 0 saturated carbocycles. The van der Waals surface area contributed by atoms with Crippen molar-refractivity contribution in [2.24, 2.45) is 0 Å². The van der Waals surface area contributed by atoms with Crippen LogP contribution in [0.15, 0.2) is 24.3 Å². The second-order valence-corrected chi connectivity index (χ2v) is 6.81. The van der Waals surface area contributed by atoms with Gasteiger partial charge in [0.1, 0.15) is 11.8 Å². The normalized spacial score (nSPS) is 16.4. The van der Waals surface area contributed by atoms with Gasteiger partial charge in [-0.25, -0.2) is 0 Å². The van der Waals surface area contributed by atoms with Gasteiger partial charge < -0.3 is 19.7 Å². The predicted octanol–water partition coefficient (Wildman–Crippen LogP) is 2.54. The Kier molecular flexibility index (Phi) is 8.78. The summed E-state index contributed by atoms with van der Waals surface area (Å²) in [5, 5.41) is 2.72. The van der Waals surface area contributed by atoms with Gasteiger partial charge in [-0.05, 0) is 31.0 Å². The van der Waals surface area contributed by atoms with Crippen molar-refractivity contribution in [1.82, 2.24) is 10.2 Å². The van der Waals surface area contributed by atoms with Crippen LogP contribution in [0.25, 0.3) is 0 Å². The minimum absolute atomic E-state index is 0.145. The molecule has 1 saturated heterocycles. The van der Waals surface area contributed by atoms with E-state index in [1.165, 1.54) is 4.90 Å². The number of esters is 1. The molecule has 0 aromatic heterocycles. The highest BCUT2D eigenvalue weighted by molar-refractivity contribution is 5.99. The molecule has 7 heteroatoms. The van der Waals surface area contributed by atoms with E-state index in [2.05, 4.69) is 12.2 Å². The number of nitrogens with zero attached hydrogens (tertiary/aromatic N) is 1. The van der Waals surface area contributed by atoms with E-state index in [1.54, 1.807) is 24.3 Å². The molecule has 1 heterocycles. The Morgan fingerprint density at radius 1 is 1.18 bits per heavy atom. The van der Waals surface area contributed by atoms with Crippen LogP contribution in [0.5, 0.6) is 5.75 Å². The second-order valence-electron chi connectivity index (χ2n) is 6.81. The van der Waals surface area contributed by atoms with Crippen LogP contribution in [0.1, 0.15) is 56.3 Å². The number of carbonyl (C=O) groups excluding carboxylic acids is 3. The third-order valence-electron chi connectivity index (χ3n) is 4.56. The van der Waals surface area contributed by atoms with E-state index in [-0.39, 0.29) is 18.2 Å². The number of hydrogen-bond donors (Lipinski definition) is 1. The molecule has 1 aliphatic rings. The van der Waals surface area contributed by atoms with Crippen molar-refractivity contribution in [3.63, 3.8) is 0 Å². The minimum Gasteiger partial charge on any atom is -0.494 e. The van der Waals surface area contributed by atoms with Gasteiger partial charge in [0.05, 0.1) is 19.6 Å². The molecular formula is C21H30N2O5. The lowest BCUT2D eigenvalue weighted by molar-refractivity contribution is -0.147. The molecule has 1 N–H and O–H groups in total. The average molecular weight is 390 g/mol. The molecule has 0 spiro atoms. The van der Waals surface area contributed by atoms with Gasteiger partial charge in [0.15, 0.2) is 0 Å². The number of rotatable bonds is 10. The van der Waals surface area contributed by atoms with Crippen molar-refractivity contribution < 1.29 is 23.9 Å². The Balaban J connectivity index is 2.07. The van der Waals surface area contributed by atoms with Gasteiger partial charge in [0, 0.05) is 18.7 Å². The molecule has 1 aliphatic heterocycles. The fourth-order valence-corrected chi connectivity index (χ4v) is 2.93. The number of unbranched alkanes of at least 4 members (excludes halogenated alkanes) is 2. The number of benzene rings is 1. The largest absolute Gasteiger partial charge is 0.494 e. The summed E-state index contributed by atoms with van der Waals surface area (Å²) in [6, 6.07) is 6.07. The van der Waals surface area contributed by atoms with Crippen LogP contribution in [0.4, 0.5) is 0 Å². The number of carbonyl (C=O) groups is 3. The Morgan fingerprint density at radius 2 is 1.93 bits per heavy atom. The van der Waals surface area contributed by atoms with Crippen molar-refractivity contribution in [3.05, 3.63) is 29.8 Å².